The molecule has 1 aliphatic rings. The van der Waals surface area contributed by atoms with Gasteiger partial charge in [0.25, 0.3) is 0 Å². The number of amides is 1. The van der Waals surface area contributed by atoms with Crippen molar-refractivity contribution >= 4 is 5.91 Å². The molecule has 0 bridgehead atoms. The van der Waals surface area contributed by atoms with Crippen LogP contribution in [-0.4, -0.2) is 41.7 Å². The van der Waals surface area contributed by atoms with Crippen molar-refractivity contribution in [3.63, 3.8) is 0 Å². The molecule has 25 heavy (non-hydrogen) atoms. The van der Waals surface area contributed by atoms with Gasteiger partial charge < -0.3 is 9.47 Å². The Morgan fingerprint density at radius 3 is 2.88 bits per heavy atom. The zero-order chi connectivity index (χ0) is 17.1. The number of rotatable bonds is 4. The van der Waals surface area contributed by atoms with Gasteiger partial charge >= 0.3 is 0 Å². The third kappa shape index (κ3) is 3.60. The first-order chi connectivity index (χ1) is 12.3. The maximum absolute atomic E-state index is 12.9. The van der Waals surface area contributed by atoms with E-state index in [1.807, 2.05) is 46.1 Å². The van der Waals surface area contributed by atoms with E-state index in [4.69, 9.17) is 0 Å². The van der Waals surface area contributed by atoms with Gasteiger partial charge in [-0.1, -0.05) is 30.3 Å². The third-order valence-corrected chi connectivity index (χ3v) is 4.53. The van der Waals surface area contributed by atoms with Gasteiger partial charge in [-0.25, -0.2) is 9.97 Å². The summed E-state index contributed by atoms with van der Waals surface area (Å²) in [6.07, 6.45) is 7.45. The van der Waals surface area contributed by atoms with Crippen molar-refractivity contribution in [2.75, 3.05) is 6.54 Å². The Bertz CT molecular complexity index is 826. The number of carbonyl (C=O) groups excluding carboxylic acids is 1. The van der Waals surface area contributed by atoms with Crippen LogP contribution in [0.1, 0.15) is 11.4 Å². The molecule has 0 aliphatic carbocycles. The Morgan fingerprint density at radius 1 is 1.20 bits per heavy atom. The van der Waals surface area contributed by atoms with Crippen molar-refractivity contribution in [3.05, 3.63) is 66.8 Å². The highest BCUT2D eigenvalue weighted by molar-refractivity contribution is 5.78. The molecule has 2 aromatic heterocycles. The molecule has 0 fully saturated rings. The van der Waals surface area contributed by atoms with E-state index >= 15 is 0 Å². The fourth-order valence-corrected chi connectivity index (χ4v) is 3.32. The minimum absolute atomic E-state index is 0.131. The Kier molecular flexibility index (Phi) is 4.28. The van der Waals surface area contributed by atoms with Gasteiger partial charge in [-0.05, 0) is 5.56 Å². The highest BCUT2D eigenvalue weighted by atomic mass is 16.2. The molecule has 1 aromatic carbocycles. The molecule has 1 aliphatic heterocycles. The summed E-state index contributed by atoms with van der Waals surface area (Å²) in [5, 5.41) is 4.20. The second kappa shape index (κ2) is 6.88. The van der Waals surface area contributed by atoms with Crippen molar-refractivity contribution in [1.82, 2.24) is 29.2 Å². The predicted octanol–water partition coefficient (Wildman–Crippen LogP) is 1.38. The van der Waals surface area contributed by atoms with Gasteiger partial charge in [-0.3, -0.25) is 9.48 Å². The van der Waals surface area contributed by atoms with Crippen LogP contribution >= 0.6 is 0 Å². The maximum atomic E-state index is 12.9. The number of imidazole rings is 1. The zero-order valence-electron chi connectivity index (χ0n) is 13.9. The summed E-state index contributed by atoms with van der Waals surface area (Å²) in [5.74, 6) is 1.32. The average Bonchev–Trinajstić information content (AvgIpc) is 3.24. The molecule has 0 saturated carbocycles. The summed E-state index contributed by atoms with van der Waals surface area (Å²) in [6.45, 7) is 2.79. The van der Waals surface area contributed by atoms with Gasteiger partial charge in [-0.2, -0.15) is 5.10 Å². The van der Waals surface area contributed by atoms with E-state index in [0.717, 1.165) is 24.5 Å². The Labute approximate surface area is 145 Å². The number of aromatic nitrogens is 5. The Balaban J connectivity index is 1.53. The predicted molar refractivity (Wildman–Crippen MR) is 91.3 cm³/mol. The standard InChI is InChI=1S/C18H20N6O/c25-18(8-15-4-2-1-3-5-15)23-10-16(11-24-14-19-13-21-24)9-22-7-6-20-17(22)12-23/h1-7,13-14,16H,8-12H2/t16-/m0/s1. The molecule has 0 spiro atoms. The smallest absolute Gasteiger partial charge is 0.227 e. The molecular formula is C18H20N6O. The van der Waals surface area contributed by atoms with Crippen LogP contribution in [0.25, 0.3) is 0 Å². The van der Waals surface area contributed by atoms with Gasteiger partial charge in [0.1, 0.15) is 18.5 Å². The third-order valence-electron chi connectivity index (χ3n) is 4.53. The van der Waals surface area contributed by atoms with E-state index in [-0.39, 0.29) is 11.8 Å². The minimum atomic E-state index is 0.131. The number of hydrogen-bond acceptors (Lipinski definition) is 4. The summed E-state index contributed by atoms with van der Waals surface area (Å²) in [7, 11) is 0. The summed E-state index contributed by atoms with van der Waals surface area (Å²) in [5.41, 5.74) is 1.04. The molecule has 1 amide bonds. The molecule has 3 aromatic rings. The molecule has 128 valence electrons. The van der Waals surface area contributed by atoms with Crippen LogP contribution in [0.15, 0.2) is 55.4 Å². The SMILES string of the molecule is O=C(Cc1ccccc1)N1Cc2nccn2C[C@H](Cn2cncn2)C1. The lowest BCUT2D eigenvalue weighted by Gasteiger charge is -2.24. The van der Waals surface area contributed by atoms with Gasteiger partial charge in [0.05, 0.1) is 13.0 Å². The molecule has 3 heterocycles. The molecule has 1 atom stereocenters. The summed E-state index contributed by atoms with van der Waals surface area (Å²) < 4.78 is 3.96. The number of benzene rings is 1. The first kappa shape index (κ1) is 15.6. The summed E-state index contributed by atoms with van der Waals surface area (Å²) >= 11 is 0. The first-order valence-corrected chi connectivity index (χ1v) is 8.42. The number of fused-ring (bicyclic) bond motifs is 1. The van der Waals surface area contributed by atoms with Crippen LogP contribution in [0, 0.1) is 5.92 Å². The zero-order valence-corrected chi connectivity index (χ0v) is 13.9. The number of carbonyl (C=O) groups is 1. The fraction of sp³-hybridized carbons (Fsp3) is 0.333. The molecule has 7 nitrogen and oxygen atoms in total. The van der Waals surface area contributed by atoms with E-state index < -0.39 is 0 Å². The number of hydrogen-bond donors (Lipinski definition) is 0. The lowest BCUT2D eigenvalue weighted by Crippen LogP contribution is -2.36. The van der Waals surface area contributed by atoms with Crippen molar-refractivity contribution < 1.29 is 4.79 Å². The summed E-state index contributed by atoms with van der Waals surface area (Å²) in [6, 6.07) is 9.87. The van der Waals surface area contributed by atoms with E-state index in [2.05, 4.69) is 19.6 Å². The molecule has 0 radical (unpaired) electrons. The highest BCUT2D eigenvalue weighted by Gasteiger charge is 2.26. The van der Waals surface area contributed by atoms with E-state index in [9.17, 15) is 4.79 Å². The number of nitrogens with zero attached hydrogens (tertiary/aromatic N) is 6. The van der Waals surface area contributed by atoms with Crippen LogP contribution in [0.5, 0.6) is 0 Å². The van der Waals surface area contributed by atoms with Crippen molar-refractivity contribution in [3.8, 4) is 0 Å². The molecule has 0 unspecified atom stereocenters. The average molecular weight is 336 g/mol. The van der Waals surface area contributed by atoms with Gasteiger partial charge in [-0.15, -0.1) is 0 Å². The van der Waals surface area contributed by atoms with Gasteiger partial charge in [0.15, 0.2) is 0 Å². The van der Waals surface area contributed by atoms with E-state index in [1.54, 1.807) is 12.5 Å². The summed E-state index contributed by atoms with van der Waals surface area (Å²) in [4.78, 5) is 23.2. The lowest BCUT2D eigenvalue weighted by molar-refractivity contribution is -0.131. The van der Waals surface area contributed by atoms with Gasteiger partial charge in [0, 0.05) is 37.9 Å². The van der Waals surface area contributed by atoms with Crippen molar-refractivity contribution in [1.29, 1.82) is 0 Å². The first-order valence-electron chi connectivity index (χ1n) is 8.42. The normalized spacial score (nSPS) is 17.1. The van der Waals surface area contributed by atoms with Crippen LogP contribution < -0.4 is 0 Å². The van der Waals surface area contributed by atoms with E-state index in [0.29, 0.717) is 19.5 Å². The maximum Gasteiger partial charge on any atom is 0.227 e. The largest absolute Gasteiger partial charge is 0.335 e. The molecule has 0 N–H and O–H groups in total. The van der Waals surface area contributed by atoms with Crippen LogP contribution in [-0.2, 0) is 30.8 Å². The topological polar surface area (TPSA) is 68.8 Å². The lowest BCUT2D eigenvalue weighted by atomic mass is 10.1. The van der Waals surface area contributed by atoms with Crippen LogP contribution in [0.2, 0.25) is 0 Å². The molecule has 4 rings (SSSR count). The minimum Gasteiger partial charge on any atom is -0.335 e. The van der Waals surface area contributed by atoms with Crippen LogP contribution in [0.3, 0.4) is 0 Å². The second-order valence-electron chi connectivity index (χ2n) is 6.42. The molecule has 7 heteroatoms. The quantitative estimate of drug-likeness (QED) is 0.722. The second-order valence-corrected chi connectivity index (χ2v) is 6.42. The monoisotopic (exact) mass is 336 g/mol. The van der Waals surface area contributed by atoms with Crippen molar-refractivity contribution in [2.45, 2.75) is 26.1 Å². The molecule has 0 saturated heterocycles. The van der Waals surface area contributed by atoms with Gasteiger partial charge in [0.2, 0.25) is 5.91 Å². The Morgan fingerprint density at radius 2 is 2.08 bits per heavy atom. The van der Waals surface area contributed by atoms with E-state index in [1.165, 1.54) is 6.33 Å². The highest BCUT2D eigenvalue weighted by Crippen LogP contribution is 2.18. The fourth-order valence-electron chi connectivity index (χ4n) is 3.32. The molecular weight excluding hydrogens is 316 g/mol. The van der Waals surface area contributed by atoms with Crippen LogP contribution in [0.4, 0.5) is 0 Å². The Hall–Kier alpha value is -2.96. The van der Waals surface area contributed by atoms with Crippen molar-refractivity contribution in [2.24, 2.45) is 5.92 Å².